The lowest BCUT2D eigenvalue weighted by Gasteiger charge is -2.59. The van der Waals surface area contributed by atoms with Gasteiger partial charge in [0.2, 0.25) is 0 Å². The van der Waals surface area contributed by atoms with E-state index in [-0.39, 0.29) is 11.9 Å². The molecule has 1 atom stereocenters. The molecule has 6 heteroatoms. The van der Waals surface area contributed by atoms with Crippen molar-refractivity contribution in [3.8, 4) is 0 Å². The minimum atomic E-state index is -0.0878. The molecule has 6 rings (SSSR count). The highest BCUT2D eigenvalue weighted by Gasteiger charge is 2.53. The van der Waals surface area contributed by atoms with Gasteiger partial charge in [0.1, 0.15) is 0 Å². The number of carbonyl (C=O) groups is 1. The molecular weight excluding hydrogens is 342 g/mol. The van der Waals surface area contributed by atoms with Crippen LogP contribution in [-0.4, -0.2) is 48.3 Å². The van der Waals surface area contributed by atoms with Gasteiger partial charge in [0, 0.05) is 25.2 Å². The van der Waals surface area contributed by atoms with Gasteiger partial charge in [-0.3, -0.25) is 9.69 Å². The van der Waals surface area contributed by atoms with E-state index in [1.54, 1.807) is 6.07 Å². The summed E-state index contributed by atoms with van der Waals surface area (Å²) in [5, 5.41) is 7.31. The van der Waals surface area contributed by atoms with Gasteiger partial charge in [-0.15, -0.1) is 0 Å². The SMILES string of the molecule is CC(NC(=O)c1cc(CN2CCOCC2)on1)C12CC3CC(CC(C3)C1)C2. The molecule has 0 aromatic carbocycles. The Balaban J connectivity index is 1.21. The Labute approximate surface area is 161 Å². The number of carbonyl (C=O) groups excluding carboxylic acids is 1. The highest BCUT2D eigenvalue weighted by atomic mass is 16.5. The Hall–Kier alpha value is -1.40. The average molecular weight is 373 g/mol. The Morgan fingerprint density at radius 3 is 2.48 bits per heavy atom. The van der Waals surface area contributed by atoms with E-state index in [0.717, 1.165) is 49.8 Å². The second kappa shape index (κ2) is 6.89. The third-order valence-electron chi connectivity index (χ3n) is 7.63. The molecule has 1 N–H and O–H groups in total. The molecule has 148 valence electrons. The summed E-state index contributed by atoms with van der Waals surface area (Å²) in [5.41, 5.74) is 0.722. The maximum atomic E-state index is 12.8. The Kier molecular flexibility index (Phi) is 4.51. The van der Waals surface area contributed by atoms with Crippen molar-refractivity contribution in [2.24, 2.45) is 23.2 Å². The van der Waals surface area contributed by atoms with Crippen LogP contribution < -0.4 is 5.32 Å². The predicted octanol–water partition coefficient (Wildman–Crippen LogP) is 2.84. The van der Waals surface area contributed by atoms with Crippen LogP contribution in [0.3, 0.4) is 0 Å². The van der Waals surface area contributed by atoms with E-state index in [2.05, 4.69) is 22.3 Å². The average Bonchev–Trinajstić information content (AvgIpc) is 3.10. The highest BCUT2D eigenvalue weighted by Crippen LogP contribution is 2.61. The Bertz CT molecular complexity index is 659. The molecule has 6 nitrogen and oxygen atoms in total. The number of aromatic nitrogens is 1. The van der Waals surface area contributed by atoms with Crippen molar-refractivity contribution in [2.75, 3.05) is 26.3 Å². The zero-order chi connectivity index (χ0) is 18.4. The summed E-state index contributed by atoms with van der Waals surface area (Å²) >= 11 is 0. The van der Waals surface area contributed by atoms with Crippen LogP contribution in [0.2, 0.25) is 0 Å². The fourth-order valence-corrected chi connectivity index (χ4v) is 6.61. The second-order valence-electron chi connectivity index (χ2n) is 9.54. The van der Waals surface area contributed by atoms with Crippen molar-refractivity contribution in [1.82, 2.24) is 15.4 Å². The molecule has 4 aliphatic carbocycles. The quantitative estimate of drug-likeness (QED) is 0.860. The number of rotatable bonds is 5. The third-order valence-corrected chi connectivity index (χ3v) is 7.63. The van der Waals surface area contributed by atoms with Crippen molar-refractivity contribution in [3.63, 3.8) is 0 Å². The van der Waals surface area contributed by atoms with E-state index in [1.165, 1.54) is 38.5 Å². The van der Waals surface area contributed by atoms with Gasteiger partial charge in [0.05, 0.1) is 19.8 Å². The topological polar surface area (TPSA) is 67.6 Å². The van der Waals surface area contributed by atoms with Gasteiger partial charge < -0.3 is 14.6 Å². The van der Waals surface area contributed by atoms with Gasteiger partial charge in [-0.05, 0) is 68.6 Å². The molecule has 1 aromatic heterocycles. The van der Waals surface area contributed by atoms with E-state index in [0.29, 0.717) is 17.7 Å². The fraction of sp³-hybridized carbons (Fsp3) is 0.810. The van der Waals surface area contributed by atoms with Crippen molar-refractivity contribution in [3.05, 3.63) is 17.5 Å². The maximum Gasteiger partial charge on any atom is 0.273 e. The van der Waals surface area contributed by atoms with Crippen LogP contribution in [0.15, 0.2) is 10.6 Å². The standard InChI is InChI=1S/C21H31N3O3/c1-14(21-10-15-6-16(11-21)8-17(7-15)12-21)22-20(25)19-9-18(27-23-19)13-24-2-4-26-5-3-24/h9,14-17H,2-8,10-13H2,1H3,(H,22,25). The summed E-state index contributed by atoms with van der Waals surface area (Å²) in [6.45, 7) is 6.19. The summed E-state index contributed by atoms with van der Waals surface area (Å²) in [4.78, 5) is 15.1. The first kappa shape index (κ1) is 17.7. The number of hydrogen-bond donors (Lipinski definition) is 1. The zero-order valence-corrected chi connectivity index (χ0v) is 16.3. The molecule has 0 spiro atoms. The van der Waals surface area contributed by atoms with E-state index >= 15 is 0 Å². The molecule has 1 unspecified atom stereocenters. The van der Waals surface area contributed by atoms with E-state index in [9.17, 15) is 4.79 Å². The lowest BCUT2D eigenvalue weighted by Crippen LogP contribution is -2.55. The smallest absolute Gasteiger partial charge is 0.273 e. The summed E-state index contributed by atoms with van der Waals surface area (Å²) in [6, 6.07) is 2.01. The predicted molar refractivity (Wildman–Crippen MR) is 100 cm³/mol. The summed E-state index contributed by atoms with van der Waals surface area (Å²) in [7, 11) is 0. The molecule has 4 saturated carbocycles. The summed E-state index contributed by atoms with van der Waals surface area (Å²) < 4.78 is 10.8. The first-order valence-corrected chi connectivity index (χ1v) is 10.7. The van der Waals surface area contributed by atoms with Crippen LogP contribution in [0.1, 0.15) is 61.7 Å². The molecule has 27 heavy (non-hydrogen) atoms. The lowest BCUT2D eigenvalue weighted by molar-refractivity contribution is -0.0688. The highest BCUT2D eigenvalue weighted by molar-refractivity contribution is 5.92. The Morgan fingerprint density at radius 1 is 1.22 bits per heavy atom. The molecule has 5 fully saturated rings. The molecule has 1 saturated heterocycles. The molecule has 1 amide bonds. The number of nitrogens with one attached hydrogen (secondary N) is 1. The van der Waals surface area contributed by atoms with Gasteiger partial charge in [0.15, 0.2) is 11.5 Å². The normalized spacial score (nSPS) is 36.7. The first-order chi connectivity index (χ1) is 13.1. The van der Waals surface area contributed by atoms with Crippen LogP contribution >= 0.6 is 0 Å². The van der Waals surface area contributed by atoms with E-state index in [4.69, 9.17) is 9.26 Å². The number of nitrogens with zero attached hydrogens (tertiary/aromatic N) is 2. The van der Waals surface area contributed by atoms with Crippen LogP contribution in [-0.2, 0) is 11.3 Å². The summed E-state index contributed by atoms with van der Waals surface area (Å²) in [5.74, 6) is 3.34. The molecule has 1 aliphatic heterocycles. The van der Waals surface area contributed by atoms with Gasteiger partial charge >= 0.3 is 0 Å². The van der Waals surface area contributed by atoms with E-state index < -0.39 is 0 Å². The van der Waals surface area contributed by atoms with Gasteiger partial charge in [-0.1, -0.05) is 5.16 Å². The van der Waals surface area contributed by atoms with Crippen LogP contribution in [0.4, 0.5) is 0 Å². The fourth-order valence-electron chi connectivity index (χ4n) is 6.61. The number of hydrogen-bond acceptors (Lipinski definition) is 5. The minimum Gasteiger partial charge on any atom is -0.379 e. The van der Waals surface area contributed by atoms with Crippen molar-refractivity contribution in [1.29, 1.82) is 0 Å². The molecule has 5 aliphatic rings. The summed E-state index contributed by atoms with van der Waals surface area (Å²) in [6.07, 6.45) is 8.15. The molecule has 4 bridgehead atoms. The zero-order valence-electron chi connectivity index (χ0n) is 16.3. The van der Waals surface area contributed by atoms with Gasteiger partial charge in [-0.2, -0.15) is 0 Å². The van der Waals surface area contributed by atoms with Gasteiger partial charge in [-0.25, -0.2) is 0 Å². The van der Waals surface area contributed by atoms with Gasteiger partial charge in [0.25, 0.3) is 5.91 Å². The number of morpholine rings is 1. The van der Waals surface area contributed by atoms with Crippen LogP contribution in [0, 0.1) is 23.2 Å². The number of amides is 1. The first-order valence-electron chi connectivity index (χ1n) is 10.7. The van der Waals surface area contributed by atoms with Crippen LogP contribution in [0.25, 0.3) is 0 Å². The molecule has 2 heterocycles. The third kappa shape index (κ3) is 3.42. The minimum absolute atomic E-state index is 0.0878. The molecular formula is C21H31N3O3. The maximum absolute atomic E-state index is 12.8. The van der Waals surface area contributed by atoms with Crippen molar-refractivity contribution < 1.29 is 14.1 Å². The second-order valence-corrected chi connectivity index (χ2v) is 9.54. The van der Waals surface area contributed by atoms with Crippen LogP contribution in [0.5, 0.6) is 0 Å². The number of ether oxygens (including phenoxy) is 1. The van der Waals surface area contributed by atoms with Crippen molar-refractivity contribution in [2.45, 2.75) is 58.0 Å². The monoisotopic (exact) mass is 373 g/mol. The van der Waals surface area contributed by atoms with Crippen molar-refractivity contribution >= 4 is 5.91 Å². The molecule has 1 aromatic rings. The molecule has 0 radical (unpaired) electrons. The largest absolute Gasteiger partial charge is 0.379 e. The Morgan fingerprint density at radius 2 is 1.85 bits per heavy atom. The van der Waals surface area contributed by atoms with E-state index in [1.807, 2.05) is 0 Å². The lowest BCUT2D eigenvalue weighted by atomic mass is 9.48.